The molecule has 1 N–H and O–H groups in total. The molecule has 32 heavy (non-hydrogen) atoms. The second-order valence-corrected chi connectivity index (χ2v) is 9.14. The zero-order valence-corrected chi connectivity index (χ0v) is 19.3. The van der Waals surface area contributed by atoms with Crippen LogP contribution < -0.4 is 19.1 Å². The molecule has 0 aliphatic heterocycles. The Labute approximate surface area is 189 Å². The minimum absolute atomic E-state index is 0.243. The number of nitrogens with zero attached hydrogens (tertiary/aromatic N) is 1. The van der Waals surface area contributed by atoms with Crippen LogP contribution >= 0.6 is 0 Å². The first-order chi connectivity index (χ1) is 15.3. The van der Waals surface area contributed by atoms with Crippen LogP contribution in [0.3, 0.4) is 0 Å². The number of nitrogens with one attached hydrogen (secondary N) is 1. The standard InChI is InChI=1S/C24H28N2O5S/c1-4-30-21-14-12-20(13-15-21)26(32(3,28)29)18(2)24(27)25-16-17-31-23-11-7-9-19-8-5-6-10-22(19)23/h5-15,18H,4,16-17H2,1-3H3,(H,25,27)/t18-/m1/s1. The van der Waals surface area contributed by atoms with Crippen LogP contribution in [0.2, 0.25) is 0 Å². The summed E-state index contributed by atoms with van der Waals surface area (Å²) in [4.78, 5) is 12.7. The summed E-state index contributed by atoms with van der Waals surface area (Å²) in [5.41, 5.74) is 0.394. The monoisotopic (exact) mass is 456 g/mol. The molecule has 7 nitrogen and oxygen atoms in total. The van der Waals surface area contributed by atoms with Crippen LogP contribution in [-0.2, 0) is 14.8 Å². The maximum atomic E-state index is 12.7. The third kappa shape index (κ3) is 5.70. The van der Waals surface area contributed by atoms with E-state index in [0.717, 1.165) is 27.1 Å². The molecule has 1 amide bonds. The lowest BCUT2D eigenvalue weighted by molar-refractivity contribution is -0.121. The van der Waals surface area contributed by atoms with Crippen molar-refractivity contribution in [2.45, 2.75) is 19.9 Å². The Hall–Kier alpha value is -3.26. The van der Waals surface area contributed by atoms with E-state index >= 15 is 0 Å². The van der Waals surface area contributed by atoms with E-state index in [0.29, 0.717) is 18.0 Å². The van der Waals surface area contributed by atoms with Crippen molar-refractivity contribution in [3.05, 3.63) is 66.7 Å². The van der Waals surface area contributed by atoms with Gasteiger partial charge in [-0.3, -0.25) is 9.10 Å². The largest absolute Gasteiger partial charge is 0.494 e. The van der Waals surface area contributed by atoms with E-state index in [1.54, 1.807) is 31.2 Å². The molecule has 0 aliphatic carbocycles. The van der Waals surface area contributed by atoms with Gasteiger partial charge in [0.05, 0.1) is 25.1 Å². The smallest absolute Gasteiger partial charge is 0.243 e. The van der Waals surface area contributed by atoms with Gasteiger partial charge in [0.25, 0.3) is 0 Å². The molecule has 0 saturated heterocycles. The highest BCUT2D eigenvalue weighted by Gasteiger charge is 2.29. The number of hydrogen-bond acceptors (Lipinski definition) is 5. The molecule has 0 saturated carbocycles. The van der Waals surface area contributed by atoms with E-state index in [-0.39, 0.29) is 13.2 Å². The SMILES string of the molecule is CCOc1ccc(N([C@H](C)C(=O)NCCOc2cccc3ccccc23)S(C)(=O)=O)cc1. The minimum Gasteiger partial charge on any atom is -0.494 e. The molecule has 0 bridgehead atoms. The van der Waals surface area contributed by atoms with Crippen molar-refractivity contribution in [2.24, 2.45) is 0 Å². The highest BCUT2D eigenvalue weighted by atomic mass is 32.2. The van der Waals surface area contributed by atoms with Crippen molar-refractivity contribution < 1.29 is 22.7 Å². The maximum Gasteiger partial charge on any atom is 0.243 e. The topological polar surface area (TPSA) is 84.9 Å². The molecule has 0 heterocycles. The fourth-order valence-electron chi connectivity index (χ4n) is 3.47. The zero-order chi connectivity index (χ0) is 23.1. The molecule has 0 aliphatic rings. The van der Waals surface area contributed by atoms with Gasteiger partial charge in [-0.1, -0.05) is 36.4 Å². The highest BCUT2D eigenvalue weighted by Crippen LogP contribution is 2.25. The fraction of sp³-hybridized carbons (Fsp3) is 0.292. The number of ether oxygens (including phenoxy) is 2. The van der Waals surface area contributed by atoms with Gasteiger partial charge in [0, 0.05) is 5.39 Å². The average Bonchev–Trinajstić information content (AvgIpc) is 2.77. The molecule has 8 heteroatoms. The number of rotatable bonds is 10. The fourth-order valence-corrected chi connectivity index (χ4v) is 4.64. The van der Waals surface area contributed by atoms with E-state index in [1.165, 1.54) is 0 Å². The number of hydrogen-bond donors (Lipinski definition) is 1. The predicted molar refractivity (Wildman–Crippen MR) is 127 cm³/mol. The lowest BCUT2D eigenvalue weighted by Crippen LogP contribution is -2.48. The third-order valence-corrected chi connectivity index (χ3v) is 6.14. The Morgan fingerprint density at radius 3 is 2.38 bits per heavy atom. The van der Waals surface area contributed by atoms with Crippen molar-refractivity contribution in [3.8, 4) is 11.5 Å². The van der Waals surface area contributed by atoms with Gasteiger partial charge < -0.3 is 14.8 Å². The van der Waals surface area contributed by atoms with E-state index in [4.69, 9.17) is 9.47 Å². The van der Waals surface area contributed by atoms with Gasteiger partial charge >= 0.3 is 0 Å². The summed E-state index contributed by atoms with van der Waals surface area (Å²) in [6.07, 6.45) is 1.08. The summed E-state index contributed by atoms with van der Waals surface area (Å²) in [6, 6.07) is 19.4. The van der Waals surface area contributed by atoms with Gasteiger partial charge in [-0.25, -0.2) is 8.42 Å². The normalized spacial score (nSPS) is 12.2. The summed E-state index contributed by atoms with van der Waals surface area (Å²) in [6.45, 7) is 4.43. The Kier molecular flexibility index (Phi) is 7.58. The average molecular weight is 457 g/mol. The van der Waals surface area contributed by atoms with E-state index in [9.17, 15) is 13.2 Å². The quantitative estimate of drug-likeness (QED) is 0.471. The first kappa shape index (κ1) is 23.4. The van der Waals surface area contributed by atoms with Gasteiger partial charge in [0.2, 0.25) is 15.9 Å². The Balaban J connectivity index is 1.62. The molecule has 0 aromatic heterocycles. The lowest BCUT2D eigenvalue weighted by Gasteiger charge is -2.28. The van der Waals surface area contributed by atoms with Gasteiger partial charge in [-0.15, -0.1) is 0 Å². The van der Waals surface area contributed by atoms with E-state index in [2.05, 4.69) is 5.32 Å². The molecule has 0 radical (unpaired) electrons. The number of fused-ring (bicyclic) bond motifs is 1. The second kappa shape index (κ2) is 10.4. The van der Waals surface area contributed by atoms with Crippen molar-refractivity contribution in [1.29, 1.82) is 0 Å². The summed E-state index contributed by atoms with van der Waals surface area (Å²) in [5, 5.41) is 4.83. The van der Waals surface area contributed by atoms with Crippen LogP contribution in [0.5, 0.6) is 11.5 Å². The number of carbonyl (C=O) groups excluding carboxylic acids is 1. The number of anilines is 1. The van der Waals surface area contributed by atoms with E-state index < -0.39 is 22.0 Å². The molecule has 3 aromatic rings. The van der Waals surface area contributed by atoms with Gasteiger partial charge in [0.15, 0.2) is 0 Å². The molecular formula is C24H28N2O5S. The number of carbonyl (C=O) groups is 1. The van der Waals surface area contributed by atoms with Crippen LogP contribution in [0.15, 0.2) is 66.7 Å². The molecule has 0 unspecified atom stereocenters. The van der Waals surface area contributed by atoms with Gasteiger partial charge in [0.1, 0.15) is 24.1 Å². The first-order valence-electron chi connectivity index (χ1n) is 10.4. The molecule has 0 fully saturated rings. The van der Waals surface area contributed by atoms with Crippen molar-refractivity contribution >= 4 is 32.4 Å². The van der Waals surface area contributed by atoms with Crippen LogP contribution in [0.4, 0.5) is 5.69 Å². The van der Waals surface area contributed by atoms with Crippen molar-refractivity contribution in [2.75, 3.05) is 30.3 Å². The summed E-state index contributed by atoms with van der Waals surface area (Å²) in [5.74, 6) is 0.954. The molecular weight excluding hydrogens is 428 g/mol. The minimum atomic E-state index is -3.68. The van der Waals surface area contributed by atoms with Crippen molar-refractivity contribution in [3.63, 3.8) is 0 Å². The number of amides is 1. The maximum absolute atomic E-state index is 12.7. The summed E-state index contributed by atoms with van der Waals surface area (Å²) in [7, 11) is -3.68. The second-order valence-electron chi connectivity index (χ2n) is 7.28. The summed E-state index contributed by atoms with van der Waals surface area (Å²) < 4.78 is 37.2. The lowest BCUT2D eigenvalue weighted by atomic mass is 10.1. The van der Waals surface area contributed by atoms with Crippen LogP contribution in [0, 0.1) is 0 Å². The van der Waals surface area contributed by atoms with E-state index in [1.807, 2.05) is 49.4 Å². The van der Waals surface area contributed by atoms with Crippen LogP contribution in [0.1, 0.15) is 13.8 Å². The molecule has 1 atom stereocenters. The Morgan fingerprint density at radius 2 is 1.69 bits per heavy atom. The number of sulfonamides is 1. The molecule has 0 spiro atoms. The van der Waals surface area contributed by atoms with Crippen LogP contribution in [0.25, 0.3) is 10.8 Å². The van der Waals surface area contributed by atoms with Gasteiger partial charge in [-0.2, -0.15) is 0 Å². The Morgan fingerprint density at radius 1 is 1.00 bits per heavy atom. The van der Waals surface area contributed by atoms with Gasteiger partial charge in [-0.05, 0) is 49.6 Å². The van der Waals surface area contributed by atoms with Crippen LogP contribution in [-0.4, -0.2) is 46.4 Å². The molecule has 3 aromatic carbocycles. The van der Waals surface area contributed by atoms with Crippen molar-refractivity contribution in [1.82, 2.24) is 5.32 Å². The third-order valence-electron chi connectivity index (χ3n) is 4.90. The first-order valence-corrected chi connectivity index (χ1v) is 12.3. The molecule has 3 rings (SSSR count). The molecule has 170 valence electrons. The predicted octanol–water partition coefficient (Wildman–Crippen LogP) is 3.59. The Bertz CT molecular complexity index is 1160. The summed E-state index contributed by atoms with van der Waals surface area (Å²) >= 11 is 0. The number of benzene rings is 3. The zero-order valence-electron chi connectivity index (χ0n) is 18.4. The highest BCUT2D eigenvalue weighted by molar-refractivity contribution is 7.92.